The summed E-state index contributed by atoms with van der Waals surface area (Å²) in [5.74, 6) is 0.644. The van der Waals surface area contributed by atoms with Crippen molar-refractivity contribution in [1.82, 2.24) is 0 Å². The van der Waals surface area contributed by atoms with E-state index in [2.05, 4.69) is 20.8 Å². The van der Waals surface area contributed by atoms with Gasteiger partial charge in [0.1, 0.15) is 11.7 Å². The Balaban J connectivity index is 2.18. The SMILES string of the molecule is CC(=O)C(=Cc1ccccc1)C(=O)O[C@@H]1C[C@@H](C)CC[C@H]1C(C)C. The van der Waals surface area contributed by atoms with Crippen molar-refractivity contribution in [2.24, 2.45) is 17.8 Å². The van der Waals surface area contributed by atoms with Crippen LogP contribution >= 0.6 is 0 Å². The normalized spacial score (nSPS) is 24.7. The fourth-order valence-electron chi connectivity index (χ4n) is 3.47. The molecule has 0 spiro atoms. The number of carbonyl (C=O) groups excluding carboxylic acids is 2. The second-order valence-electron chi connectivity index (χ2n) is 7.29. The number of hydrogen-bond acceptors (Lipinski definition) is 3. The summed E-state index contributed by atoms with van der Waals surface area (Å²) >= 11 is 0. The molecular formula is C21H28O3. The van der Waals surface area contributed by atoms with Gasteiger partial charge < -0.3 is 4.74 Å². The van der Waals surface area contributed by atoms with E-state index < -0.39 is 5.97 Å². The number of rotatable bonds is 5. The van der Waals surface area contributed by atoms with E-state index in [-0.39, 0.29) is 17.5 Å². The number of ether oxygens (including phenoxy) is 1. The first-order valence-corrected chi connectivity index (χ1v) is 8.87. The van der Waals surface area contributed by atoms with Crippen LogP contribution in [0, 0.1) is 17.8 Å². The third-order valence-corrected chi connectivity index (χ3v) is 4.93. The van der Waals surface area contributed by atoms with Gasteiger partial charge in [-0.15, -0.1) is 0 Å². The number of ketones is 1. The van der Waals surface area contributed by atoms with Gasteiger partial charge >= 0.3 is 5.97 Å². The average Bonchev–Trinajstić information content (AvgIpc) is 2.53. The summed E-state index contributed by atoms with van der Waals surface area (Å²) < 4.78 is 5.80. The van der Waals surface area contributed by atoms with Gasteiger partial charge in [-0.05, 0) is 49.2 Å². The molecular weight excluding hydrogens is 300 g/mol. The Morgan fingerprint density at radius 1 is 1.17 bits per heavy atom. The van der Waals surface area contributed by atoms with Gasteiger partial charge in [-0.3, -0.25) is 4.79 Å². The minimum atomic E-state index is -0.490. The van der Waals surface area contributed by atoms with Crippen LogP contribution in [-0.4, -0.2) is 17.9 Å². The minimum absolute atomic E-state index is 0.0974. The van der Waals surface area contributed by atoms with E-state index in [1.807, 2.05) is 30.3 Å². The standard InChI is InChI=1S/C21H28O3/c1-14(2)18-11-10-15(3)12-20(18)24-21(23)19(16(4)22)13-17-8-6-5-7-9-17/h5-9,13-15,18,20H,10-12H2,1-4H3/t15-,18-,20+/m0/s1. The van der Waals surface area contributed by atoms with Gasteiger partial charge in [-0.1, -0.05) is 57.5 Å². The van der Waals surface area contributed by atoms with Crippen LogP contribution in [0.2, 0.25) is 0 Å². The molecule has 1 aliphatic rings. The molecule has 0 N–H and O–H groups in total. The van der Waals surface area contributed by atoms with Crippen LogP contribution in [0.4, 0.5) is 0 Å². The van der Waals surface area contributed by atoms with Gasteiger partial charge in [0.2, 0.25) is 0 Å². The van der Waals surface area contributed by atoms with Crippen LogP contribution in [0.5, 0.6) is 0 Å². The first-order valence-electron chi connectivity index (χ1n) is 8.87. The van der Waals surface area contributed by atoms with Crippen molar-refractivity contribution in [1.29, 1.82) is 0 Å². The predicted molar refractivity (Wildman–Crippen MR) is 96.3 cm³/mol. The summed E-state index contributed by atoms with van der Waals surface area (Å²) in [6.45, 7) is 7.96. The lowest BCUT2D eigenvalue weighted by molar-refractivity contribution is -0.151. The maximum Gasteiger partial charge on any atom is 0.342 e. The van der Waals surface area contributed by atoms with Crippen molar-refractivity contribution < 1.29 is 14.3 Å². The fourth-order valence-corrected chi connectivity index (χ4v) is 3.47. The van der Waals surface area contributed by atoms with Crippen LogP contribution in [0.15, 0.2) is 35.9 Å². The molecule has 1 aliphatic carbocycles. The molecule has 0 heterocycles. The molecule has 3 nitrogen and oxygen atoms in total. The van der Waals surface area contributed by atoms with Gasteiger partial charge in [0.25, 0.3) is 0 Å². The van der Waals surface area contributed by atoms with Crippen molar-refractivity contribution in [3.05, 3.63) is 41.5 Å². The largest absolute Gasteiger partial charge is 0.458 e. The van der Waals surface area contributed by atoms with E-state index >= 15 is 0 Å². The zero-order valence-electron chi connectivity index (χ0n) is 15.1. The molecule has 1 fully saturated rings. The highest BCUT2D eigenvalue weighted by Gasteiger charge is 2.34. The quantitative estimate of drug-likeness (QED) is 0.342. The number of benzene rings is 1. The molecule has 2 rings (SSSR count). The first kappa shape index (κ1) is 18.4. The number of esters is 1. The Kier molecular flexibility index (Phi) is 6.36. The molecule has 0 bridgehead atoms. The van der Waals surface area contributed by atoms with Gasteiger partial charge in [0.15, 0.2) is 5.78 Å². The monoisotopic (exact) mass is 328 g/mol. The maximum atomic E-state index is 12.6. The maximum absolute atomic E-state index is 12.6. The van der Waals surface area contributed by atoms with Gasteiger partial charge in [-0.2, -0.15) is 0 Å². The number of carbonyl (C=O) groups is 2. The Hall–Kier alpha value is -1.90. The zero-order chi connectivity index (χ0) is 17.7. The summed E-state index contributed by atoms with van der Waals surface area (Å²) in [5, 5.41) is 0. The third kappa shape index (κ3) is 4.80. The second kappa shape index (κ2) is 8.27. The lowest BCUT2D eigenvalue weighted by Gasteiger charge is -2.36. The minimum Gasteiger partial charge on any atom is -0.458 e. The average molecular weight is 328 g/mol. The van der Waals surface area contributed by atoms with E-state index in [1.54, 1.807) is 6.08 Å². The Morgan fingerprint density at radius 2 is 1.83 bits per heavy atom. The molecule has 0 amide bonds. The molecule has 1 aromatic rings. The lowest BCUT2D eigenvalue weighted by Crippen LogP contribution is -2.36. The third-order valence-electron chi connectivity index (χ3n) is 4.93. The van der Waals surface area contributed by atoms with E-state index in [9.17, 15) is 9.59 Å². The summed E-state index contributed by atoms with van der Waals surface area (Å²) in [6, 6.07) is 9.41. The van der Waals surface area contributed by atoms with Crippen molar-refractivity contribution >= 4 is 17.8 Å². The highest BCUT2D eigenvalue weighted by molar-refractivity contribution is 6.19. The summed E-state index contributed by atoms with van der Waals surface area (Å²) in [5.41, 5.74) is 0.957. The summed E-state index contributed by atoms with van der Waals surface area (Å²) in [6.07, 6.45) is 4.66. The van der Waals surface area contributed by atoms with Crippen LogP contribution in [0.3, 0.4) is 0 Å². The predicted octanol–water partition coefficient (Wildman–Crippen LogP) is 4.66. The fraction of sp³-hybridized carbons (Fsp3) is 0.524. The van der Waals surface area contributed by atoms with Crippen LogP contribution in [0.25, 0.3) is 6.08 Å². The topological polar surface area (TPSA) is 43.4 Å². The smallest absolute Gasteiger partial charge is 0.342 e. The van der Waals surface area contributed by atoms with Crippen LogP contribution < -0.4 is 0 Å². The molecule has 0 saturated heterocycles. The lowest BCUT2D eigenvalue weighted by atomic mass is 9.75. The van der Waals surface area contributed by atoms with Crippen LogP contribution in [-0.2, 0) is 14.3 Å². The number of hydrogen-bond donors (Lipinski definition) is 0. The first-order chi connectivity index (χ1) is 11.4. The van der Waals surface area contributed by atoms with E-state index in [0.717, 1.165) is 18.4 Å². The molecule has 130 valence electrons. The van der Waals surface area contributed by atoms with Crippen LogP contribution in [0.1, 0.15) is 52.5 Å². The van der Waals surface area contributed by atoms with Gasteiger partial charge in [0, 0.05) is 0 Å². The second-order valence-corrected chi connectivity index (χ2v) is 7.29. The summed E-state index contributed by atoms with van der Waals surface area (Å²) in [7, 11) is 0. The molecule has 1 aromatic carbocycles. The van der Waals surface area contributed by atoms with Gasteiger partial charge in [-0.25, -0.2) is 4.79 Å². The van der Waals surface area contributed by atoms with Crippen molar-refractivity contribution in [3.8, 4) is 0 Å². The Labute approximate surface area is 145 Å². The Bertz CT molecular complexity index is 601. The molecule has 0 aliphatic heterocycles. The van der Waals surface area contributed by atoms with E-state index in [1.165, 1.54) is 13.3 Å². The molecule has 1 saturated carbocycles. The number of Topliss-reactive ketones (excluding diaryl/α,β-unsaturated/α-hetero) is 1. The zero-order valence-corrected chi connectivity index (χ0v) is 15.1. The van der Waals surface area contributed by atoms with Crippen molar-refractivity contribution in [2.45, 2.75) is 53.1 Å². The van der Waals surface area contributed by atoms with E-state index in [4.69, 9.17) is 4.74 Å². The molecule has 3 heteroatoms. The molecule has 3 atom stereocenters. The van der Waals surface area contributed by atoms with Gasteiger partial charge in [0.05, 0.1) is 0 Å². The molecule has 0 aromatic heterocycles. The molecule has 24 heavy (non-hydrogen) atoms. The highest BCUT2D eigenvalue weighted by Crippen LogP contribution is 2.35. The summed E-state index contributed by atoms with van der Waals surface area (Å²) in [4.78, 5) is 24.6. The Morgan fingerprint density at radius 3 is 2.42 bits per heavy atom. The van der Waals surface area contributed by atoms with Crippen molar-refractivity contribution in [2.75, 3.05) is 0 Å². The molecule has 0 unspecified atom stereocenters. The van der Waals surface area contributed by atoms with E-state index in [0.29, 0.717) is 17.8 Å². The highest BCUT2D eigenvalue weighted by atomic mass is 16.5. The molecule has 0 radical (unpaired) electrons. The van der Waals surface area contributed by atoms with Crippen molar-refractivity contribution in [3.63, 3.8) is 0 Å².